The van der Waals surface area contributed by atoms with Gasteiger partial charge in [-0.15, -0.1) is 11.8 Å². The smallest absolute Gasteiger partial charge is 0.263 e. The molecule has 2 unspecified atom stereocenters. The van der Waals surface area contributed by atoms with Gasteiger partial charge in [0.05, 0.1) is 17.7 Å². The Hall–Kier alpha value is -4.81. The van der Waals surface area contributed by atoms with Crippen molar-refractivity contribution >= 4 is 52.3 Å². The molecular formula is C33H30N4O7S. The summed E-state index contributed by atoms with van der Waals surface area (Å²) in [5.74, 6) is -1.07. The molecule has 0 saturated carbocycles. The second kappa shape index (κ2) is 13.4. The molecule has 2 aromatic carbocycles. The average Bonchev–Trinajstić information content (AvgIpc) is 3.58. The van der Waals surface area contributed by atoms with Crippen LogP contribution in [0.1, 0.15) is 63.8 Å². The van der Waals surface area contributed by atoms with Crippen LogP contribution in [0, 0.1) is 0 Å². The highest BCUT2D eigenvalue weighted by molar-refractivity contribution is 7.99. The molecular weight excluding hydrogens is 596 g/mol. The van der Waals surface area contributed by atoms with Crippen LogP contribution in [0.25, 0.3) is 11.0 Å². The van der Waals surface area contributed by atoms with Crippen molar-refractivity contribution in [3.63, 3.8) is 0 Å². The van der Waals surface area contributed by atoms with Gasteiger partial charge in [0.25, 0.3) is 11.8 Å². The number of amides is 5. The van der Waals surface area contributed by atoms with E-state index >= 15 is 0 Å². The van der Waals surface area contributed by atoms with Crippen LogP contribution in [0.3, 0.4) is 0 Å². The minimum atomic E-state index is -1.00. The molecule has 2 aliphatic rings. The number of ether oxygens (including phenoxy) is 1. The summed E-state index contributed by atoms with van der Waals surface area (Å²) in [5.41, 5.74) is 2.07. The maximum absolute atomic E-state index is 13.3. The van der Waals surface area contributed by atoms with Crippen LogP contribution in [0.15, 0.2) is 82.4 Å². The maximum atomic E-state index is 13.3. The topological polar surface area (TPSA) is 148 Å². The molecule has 2 N–H and O–H groups in total. The van der Waals surface area contributed by atoms with Crippen molar-refractivity contribution in [1.29, 1.82) is 0 Å². The Morgan fingerprint density at radius 3 is 2.73 bits per heavy atom. The van der Waals surface area contributed by atoms with Gasteiger partial charge in [-0.2, -0.15) is 0 Å². The lowest BCUT2D eigenvalue weighted by Gasteiger charge is -2.27. The van der Waals surface area contributed by atoms with Gasteiger partial charge in [-0.05, 0) is 43.2 Å². The minimum Gasteiger partial charge on any atom is -0.459 e. The number of hydrogen-bond donors (Lipinski definition) is 2. The van der Waals surface area contributed by atoms with Gasteiger partial charge in [-0.1, -0.05) is 30.3 Å². The summed E-state index contributed by atoms with van der Waals surface area (Å²) in [7, 11) is 0. The van der Waals surface area contributed by atoms with E-state index in [4.69, 9.17) is 9.15 Å². The summed E-state index contributed by atoms with van der Waals surface area (Å²) < 4.78 is 11.7. The number of benzene rings is 2. The Labute approximate surface area is 262 Å². The zero-order chi connectivity index (χ0) is 31.3. The molecule has 6 rings (SSSR count). The second-order valence-corrected chi connectivity index (χ2v) is 11.8. The third-order valence-electron chi connectivity index (χ3n) is 7.65. The average molecular weight is 627 g/mol. The molecule has 5 amide bonds. The van der Waals surface area contributed by atoms with Gasteiger partial charge in [0.15, 0.2) is 0 Å². The first kappa shape index (κ1) is 30.2. The van der Waals surface area contributed by atoms with Crippen molar-refractivity contribution < 1.29 is 33.1 Å². The van der Waals surface area contributed by atoms with E-state index in [0.717, 1.165) is 21.4 Å². The first-order valence-electron chi connectivity index (χ1n) is 14.6. The fourth-order valence-electron chi connectivity index (χ4n) is 5.46. The molecule has 4 aromatic rings. The van der Waals surface area contributed by atoms with E-state index in [-0.39, 0.29) is 42.9 Å². The third-order valence-corrected chi connectivity index (χ3v) is 8.79. The molecule has 45 heavy (non-hydrogen) atoms. The fourth-order valence-corrected chi connectivity index (χ4v) is 6.46. The van der Waals surface area contributed by atoms with Crippen molar-refractivity contribution in [2.24, 2.45) is 0 Å². The fraction of sp³-hybridized carbons (Fsp3) is 0.273. The normalized spacial score (nSPS) is 17.0. The van der Waals surface area contributed by atoms with E-state index in [1.807, 2.05) is 42.5 Å². The third kappa shape index (κ3) is 6.52. The van der Waals surface area contributed by atoms with Crippen molar-refractivity contribution in [2.45, 2.75) is 42.7 Å². The Balaban J connectivity index is 0.978. The Morgan fingerprint density at radius 2 is 1.93 bits per heavy atom. The number of carbonyl (C=O) groups excluding carboxylic acids is 5. The zero-order valence-electron chi connectivity index (χ0n) is 24.2. The first-order valence-corrected chi connectivity index (χ1v) is 15.6. The van der Waals surface area contributed by atoms with Crippen LogP contribution < -0.4 is 10.6 Å². The van der Waals surface area contributed by atoms with Crippen molar-refractivity contribution in [2.75, 3.05) is 19.0 Å². The molecule has 2 aromatic heterocycles. The van der Waals surface area contributed by atoms with Gasteiger partial charge in [-0.3, -0.25) is 39.2 Å². The molecule has 12 heteroatoms. The summed E-state index contributed by atoms with van der Waals surface area (Å²) in [4.78, 5) is 68.8. The van der Waals surface area contributed by atoms with Gasteiger partial charge < -0.3 is 14.5 Å². The number of carbonyl (C=O) groups is 5. The Kier molecular flexibility index (Phi) is 9.03. The van der Waals surface area contributed by atoms with Crippen molar-refractivity contribution in [1.82, 2.24) is 20.5 Å². The lowest BCUT2D eigenvalue weighted by molar-refractivity contribution is -0.136. The Morgan fingerprint density at radius 1 is 1.07 bits per heavy atom. The second-order valence-electron chi connectivity index (χ2n) is 10.7. The monoisotopic (exact) mass is 626 g/mol. The maximum Gasteiger partial charge on any atom is 0.263 e. The highest BCUT2D eigenvalue weighted by Gasteiger charge is 2.45. The number of hydrogen-bond acceptors (Lipinski definition) is 9. The SMILES string of the molecule is O=C1CCC(N2C(=O)c3cccc(SCCCOCCC(=O)NC(c4cccnc4)c4cc5ccccc5o4)c3C2=O)C(=O)N1. The molecule has 0 bridgehead atoms. The largest absolute Gasteiger partial charge is 0.459 e. The van der Waals surface area contributed by atoms with Crippen LogP contribution in [0.2, 0.25) is 0 Å². The number of nitrogens with one attached hydrogen (secondary N) is 2. The van der Waals surface area contributed by atoms with E-state index in [2.05, 4.69) is 15.6 Å². The summed E-state index contributed by atoms with van der Waals surface area (Å²) in [6.45, 7) is 0.630. The molecule has 230 valence electrons. The molecule has 2 aliphatic heterocycles. The molecule has 4 heterocycles. The number of imide groups is 2. The summed E-state index contributed by atoms with van der Waals surface area (Å²) in [6.07, 6.45) is 4.35. The van der Waals surface area contributed by atoms with Crippen molar-refractivity contribution in [3.8, 4) is 0 Å². The van der Waals surface area contributed by atoms with Crippen LogP contribution in [0.4, 0.5) is 0 Å². The van der Waals surface area contributed by atoms with E-state index in [0.29, 0.717) is 29.4 Å². The van der Waals surface area contributed by atoms with Crippen LogP contribution >= 0.6 is 11.8 Å². The first-order chi connectivity index (χ1) is 21.9. The Bertz CT molecular complexity index is 1740. The number of piperidine rings is 1. The molecule has 1 saturated heterocycles. The molecule has 11 nitrogen and oxygen atoms in total. The quantitative estimate of drug-likeness (QED) is 0.135. The molecule has 2 atom stereocenters. The van der Waals surface area contributed by atoms with Crippen LogP contribution in [0.5, 0.6) is 0 Å². The number of para-hydroxylation sites is 1. The summed E-state index contributed by atoms with van der Waals surface area (Å²) in [5, 5.41) is 6.19. The number of pyridine rings is 1. The number of fused-ring (bicyclic) bond motifs is 2. The zero-order valence-corrected chi connectivity index (χ0v) is 25.0. The van der Waals surface area contributed by atoms with Gasteiger partial charge in [-0.25, -0.2) is 0 Å². The highest BCUT2D eigenvalue weighted by Crippen LogP contribution is 2.34. The summed E-state index contributed by atoms with van der Waals surface area (Å²) in [6, 6.07) is 16.8. The number of furan rings is 1. The predicted molar refractivity (Wildman–Crippen MR) is 164 cm³/mol. The minimum absolute atomic E-state index is 0.0689. The molecule has 0 spiro atoms. The molecule has 0 radical (unpaired) electrons. The highest BCUT2D eigenvalue weighted by atomic mass is 32.2. The van der Waals surface area contributed by atoms with Gasteiger partial charge in [0, 0.05) is 53.4 Å². The molecule has 0 aliphatic carbocycles. The van der Waals surface area contributed by atoms with E-state index in [1.54, 1.807) is 30.6 Å². The lowest BCUT2D eigenvalue weighted by Crippen LogP contribution is -2.54. The van der Waals surface area contributed by atoms with E-state index in [9.17, 15) is 24.0 Å². The predicted octanol–water partition coefficient (Wildman–Crippen LogP) is 4.02. The molecule has 1 fully saturated rings. The van der Waals surface area contributed by atoms with E-state index in [1.165, 1.54) is 11.8 Å². The van der Waals surface area contributed by atoms with Gasteiger partial charge in [0.1, 0.15) is 23.4 Å². The summed E-state index contributed by atoms with van der Waals surface area (Å²) >= 11 is 1.42. The van der Waals surface area contributed by atoms with Gasteiger partial charge in [0.2, 0.25) is 17.7 Å². The number of rotatable bonds is 12. The number of aromatic nitrogens is 1. The van der Waals surface area contributed by atoms with Crippen LogP contribution in [-0.2, 0) is 19.1 Å². The van der Waals surface area contributed by atoms with E-state index < -0.39 is 35.7 Å². The standard InChI is InChI=1S/C33H30N4O7S/c38-27-12-11-23(31(40)36-27)37-32(41)22-8-3-10-26(29(22)33(37)42)45-17-5-15-43-16-13-28(39)35-30(21-7-4-14-34-19-21)25-18-20-6-1-2-9-24(20)44-25/h1-4,6-10,14,18-19,23,30H,5,11-13,15-17H2,(H,35,39)(H,36,38,40). The lowest BCUT2D eigenvalue weighted by atomic mass is 10.0. The number of nitrogens with zero attached hydrogens (tertiary/aromatic N) is 2. The van der Waals surface area contributed by atoms with Crippen LogP contribution in [-0.4, -0.2) is 64.4 Å². The van der Waals surface area contributed by atoms with Gasteiger partial charge >= 0.3 is 0 Å². The number of thioether (sulfide) groups is 1. The van der Waals surface area contributed by atoms with Crippen molar-refractivity contribution in [3.05, 3.63) is 95.5 Å².